The van der Waals surface area contributed by atoms with Crippen LogP contribution in [0, 0.1) is 0 Å². The van der Waals surface area contributed by atoms with Gasteiger partial charge in [-0.2, -0.15) is 0 Å². The molecule has 0 aromatic heterocycles. The van der Waals surface area contributed by atoms with E-state index in [1.165, 1.54) is 17.0 Å². The Morgan fingerprint density at radius 1 is 1.19 bits per heavy atom. The molecule has 1 aromatic carbocycles. The molecule has 6 heteroatoms. The number of amides is 1. The lowest BCUT2D eigenvalue weighted by Gasteiger charge is -2.30. The number of hydrogen-bond donors (Lipinski definition) is 2. The normalized spacial score (nSPS) is 31.8. The van der Waals surface area contributed by atoms with Gasteiger partial charge in [0.15, 0.2) is 5.60 Å². The summed E-state index contributed by atoms with van der Waals surface area (Å²) in [5, 5.41) is 13.4. The molecule has 112 valence electrons. The lowest BCUT2D eigenvalue weighted by atomic mass is 10.0. The molecule has 1 aliphatic heterocycles. The highest BCUT2D eigenvalue weighted by Crippen LogP contribution is 2.54. The lowest BCUT2D eigenvalue weighted by molar-refractivity contribution is -0.145. The zero-order valence-electron chi connectivity index (χ0n) is 11.5. The second kappa shape index (κ2) is 4.89. The molecule has 2 aliphatic rings. The third kappa shape index (κ3) is 2.15. The number of hydrogen-bond acceptors (Lipinski definition) is 4. The SMILES string of the molecule is O=C(N1CCNCC1)C1(O)CC1(F)C(=O)c1ccccc1. The van der Waals surface area contributed by atoms with E-state index >= 15 is 0 Å². The molecule has 1 amide bonds. The third-order valence-electron chi connectivity index (χ3n) is 4.18. The maximum Gasteiger partial charge on any atom is 0.258 e. The van der Waals surface area contributed by atoms with Gasteiger partial charge in [0.25, 0.3) is 5.91 Å². The summed E-state index contributed by atoms with van der Waals surface area (Å²) in [5.41, 5.74) is -4.54. The van der Waals surface area contributed by atoms with E-state index in [2.05, 4.69) is 5.32 Å². The van der Waals surface area contributed by atoms with Gasteiger partial charge in [-0.25, -0.2) is 4.39 Å². The van der Waals surface area contributed by atoms with Crippen LogP contribution in [0.5, 0.6) is 0 Å². The Balaban J connectivity index is 1.78. The van der Waals surface area contributed by atoms with Gasteiger partial charge in [0.1, 0.15) is 0 Å². The molecule has 0 bridgehead atoms. The van der Waals surface area contributed by atoms with Crippen molar-refractivity contribution in [3.8, 4) is 0 Å². The van der Waals surface area contributed by atoms with E-state index in [1.807, 2.05) is 0 Å². The quantitative estimate of drug-likeness (QED) is 0.778. The van der Waals surface area contributed by atoms with E-state index in [0.29, 0.717) is 26.2 Å². The van der Waals surface area contributed by atoms with Gasteiger partial charge in [0.05, 0.1) is 0 Å². The summed E-state index contributed by atoms with van der Waals surface area (Å²) in [6.07, 6.45) is -0.462. The van der Waals surface area contributed by atoms with Gasteiger partial charge in [-0.15, -0.1) is 0 Å². The number of alkyl halides is 1. The van der Waals surface area contributed by atoms with Crippen LogP contribution in [0.3, 0.4) is 0 Å². The van der Waals surface area contributed by atoms with Crippen molar-refractivity contribution in [2.75, 3.05) is 26.2 Å². The van der Waals surface area contributed by atoms with Crippen molar-refractivity contribution in [3.63, 3.8) is 0 Å². The van der Waals surface area contributed by atoms with Gasteiger partial charge in [0.2, 0.25) is 11.5 Å². The molecule has 1 saturated carbocycles. The first kappa shape index (κ1) is 14.2. The maximum atomic E-state index is 14.8. The predicted molar refractivity (Wildman–Crippen MR) is 73.6 cm³/mol. The fourth-order valence-electron chi connectivity index (χ4n) is 2.77. The van der Waals surface area contributed by atoms with Crippen molar-refractivity contribution in [2.24, 2.45) is 0 Å². The Morgan fingerprint density at radius 3 is 2.43 bits per heavy atom. The molecule has 1 aliphatic carbocycles. The first-order chi connectivity index (χ1) is 9.99. The monoisotopic (exact) mass is 292 g/mol. The second-order valence-corrected chi connectivity index (χ2v) is 5.58. The minimum absolute atomic E-state index is 0.170. The molecule has 1 heterocycles. The van der Waals surface area contributed by atoms with Crippen molar-refractivity contribution in [1.82, 2.24) is 10.2 Å². The molecule has 1 saturated heterocycles. The fourth-order valence-corrected chi connectivity index (χ4v) is 2.77. The topological polar surface area (TPSA) is 69.6 Å². The molecule has 3 rings (SSSR count). The average molecular weight is 292 g/mol. The van der Waals surface area contributed by atoms with Crippen molar-refractivity contribution < 1.29 is 19.1 Å². The van der Waals surface area contributed by atoms with Gasteiger partial charge in [-0.3, -0.25) is 9.59 Å². The zero-order chi connectivity index (χ0) is 15.1. The van der Waals surface area contributed by atoms with Gasteiger partial charge in [-0.1, -0.05) is 30.3 Å². The number of carbonyl (C=O) groups is 2. The van der Waals surface area contributed by atoms with E-state index < -0.39 is 29.4 Å². The third-order valence-corrected chi connectivity index (χ3v) is 4.18. The number of benzene rings is 1. The highest BCUT2D eigenvalue weighted by atomic mass is 19.1. The van der Waals surface area contributed by atoms with Crippen molar-refractivity contribution in [3.05, 3.63) is 35.9 Å². The van der Waals surface area contributed by atoms with Crippen molar-refractivity contribution in [1.29, 1.82) is 0 Å². The Morgan fingerprint density at radius 2 is 1.81 bits per heavy atom. The summed E-state index contributed by atoms with van der Waals surface area (Å²) < 4.78 is 14.8. The Kier molecular flexibility index (Phi) is 3.30. The average Bonchev–Trinajstić information content (AvgIpc) is 3.12. The van der Waals surface area contributed by atoms with E-state index in [9.17, 15) is 19.1 Å². The Hall–Kier alpha value is -1.79. The summed E-state index contributed by atoms with van der Waals surface area (Å²) in [6.45, 7) is 2.04. The summed E-state index contributed by atoms with van der Waals surface area (Å²) in [4.78, 5) is 25.9. The first-order valence-electron chi connectivity index (χ1n) is 7.00. The summed E-state index contributed by atoms with van der Waals surface area (Å²) in [5.74, 6) is -1.51. The number of aliphatic hydroxyl groups is 1. The van der Waals surface area contributed by atoms with E-state index in [0.717, 1.165) is 0 Å². The molecule has 5 nitrogen and oxygen atoms in total. The number of Topliss-reactive ketones (excluding diaryl/α,β-unsaturated/α-hetero) is 1. The molecule has 21 heavy (non-hydrogen) atoms. The molecule has 1 aromatic rings. The Bertz CT molecular complexity index is 574. The van der Waals surface area contributed by atoms with Crippen LogP contribution in [-0.4, -0.2) is 59.1 Å². The van der Waals surface area contributed by atoms with Gasteiger partial charge >= 0.3 is 0 Å². The van der Waals surface area contributed by atoms with Crippen LogP contribution >= 0.6 is 0 Å². The van der Waals surface area contributed by atoms with E-state index in [4.69, 9.17) is 0 Å². The molecule has 0 spiro atoms. The predicted octanol–water partition coefficient (Wildman–Crippen LogP) is 0.144. The fraction of sp³-hybridized carbons (Fsp3) is 0.467. The van der Waals surface area contributed by atoms with Crippen molar-refractivity contribution in [2.45, 2.75) is 17.7 Å². The van der Waals surface area contributed by atoms with Gasteiger partial charge < -0.3 is 15.3 Å². The number of rotatable bonds is 3. The largest absolute Gasteiger partial charge is 0.376 e. The van der Waals surface area contributed by atoms with E-state index in [-0.39, 0.29) is 5.56 Å². The summed E-state index contributed by atoms with van der Waals surface area (Å²) in [7, 11) is 0. The second-order valence-electron chi connectivity index (χ2n) is 5.58. The minimum atomic E-state index is -2.50. The number of piperazine rings is 1. The molecule has 2 N–H and O–H groups in total. The summed E-state index contributed by atoms with van der Waals surface area (Å²) >= 11 is 0. The molecular formula is C15H17FN2O3. The zero-order valence-corrected chi connectivity index (χ0v) is 11.5. The van der Waals surface area contributed by atoms with Crippen LogP contribution < -0.4 is 5.32 Å². The van der Waals surface area contributed by atoms with Crippen LogP contribution in [0.25, 0.3) is 0 Å². The molecule has 2 unspecified atom stereocenters. The van der Waals surface area contributed by atoms with Crippen LogP contribution in [0.15, 0.2) is 30.3 Å². The van der Waals surface area contributed by atoms with Crippen LogP contribution in [0.4, 0.5) is 4.39 Å². The van der Waals surface area contributed by atoms with Gasteiger partial charge in [-0.05, 0) is 0 Å². The Labute approximate surface area is 121 Å². The molecule has 2 atom stereocenters. The van der Waals surface area contributed by atoms with Gasteiger partial charge in [0, 0.05) is 38.2 Å². The molecule has 2 fully saturated rings. The highest BCUT2D eigenvalue weighted by molar-refractivity contribution is 6.12. The van der Waals surface area contributed by atoms with Crippen LogP contribution in [-0.2, 0) is 4.79 Å². The summed E-state index contributed by atoms with van der Waals surface area (Å²) in [6, 6.07) is 7.92. The molecule has 0 radical (unpaired) electrons. The number of ketones is 1. The first-order valence-corrected chi connectivity index (χ1v) is 7.00. The number of nitrogens with one attached hydrogen (secondary N) is 1. The van der Waals surface area contributed by atoms with Crippen molar-refractivity contribution >= 4 is 11.7 Å². The maximum absolute atomic E-state index is 14.8. The number of nitrogens with zero attached hydrogens (tertiary/aromatic N) is 1. The molecular weight excluding hydrogens is 275 g/mol. The van der Waals surface area contributed by atoms with Crippen LogP contribution in [0.2, 0.25) is 0 Å². The lowest BCUT2D eigenvalue weighted by Crippen LogP contribution is -2.53. The number of halogens is 1. The standard InChI is InChI=1S/C15H17FN2O3/c16-14(12(19)11-4-2-1-3-5-11)10-15(14,21)13(20)18-8-6-17-7-9-18/h1-5,17,21H,6-10H2. The number of carbonyl (C=O) groups excluding carboxylic acids is 2. The van der Waals surface area contributed by atoms with Crippen LogP contribution in [0.1, 0.15) is 16.8 Å². The highest BCUT2D eigenvalue weighted by Gasteiger charge is 2.78. The smallest absolute Gasteiger partial charge is 0.258 e. The minimum Gasteiger partial charge on any atom is -0.376 e. The van der Waals surface area contributed by atoms with E-state index in [1.54, 1.807) is 18.2 Å².